The zero-order chi connectivity index (χ0) is 34.2. The monoisotopic (exact) mass is 708 g/mol. The van der Waals surface area contributed by atoms with Gasteiger partial charge in [-0.1, -0.05) is 120 Å². The predicted octanol–water partition coefficient (Wildman–Crippen LogP) is 8.16. The van der Waals surface area contributed by atoms with Crippen LogP contribution in [0.4, 0.5) is 11.4 Å². The highest BCUT2D eigenvalue weighted by atomic mass is 79.9. The molecule has 1 heterocycles. The van der Waals surface area contributed by atoms with Crippen molar-refractivity contribution in [2.45, 2.75) is 24.7 Å². The van der Waals surface area contributed by atoms with Crippen molar-refractivity contribution in [3.05, 3.63) is 175 Å². The van der Waals surface area contributed by atoms with Gasteiger partial charge in [0.25, 0.3) is 5.69 Å². The minimum Gasteiger partial charge on any atom is -0.297 e. The fraction of sp³-hybridized carbons (Fsp3) is 0.146. The van der Waals surface area contributed by atoms with Gasteiger partial charge in [-0.3, -0.25) is 24.5 Å². The molecule has 1 saturated heterocycles. The number of nitro benzene ring substituents is 1. The van der Waals surface area contributed by atoms with Gasteiger partial charge in [0.15, 0.2) is 5.78 Å². The van der Waals surface area contributed by atoms with Gasteiger partial charge in [-0.05, 0) is 69.2 Å². The number of nitro groups is 1. The van der Waals surface area contributed by atoms with Crippen molar-refractivity contribution in [2.24, 2.45) is 11.8 Å². The number of non-ortho nitro benzene ring substituents is 1. The number of nitrogens with zero attached hydrogens (tertiary/aromatic N) is 2. The minimum absolute atomic E-state index is 0.184. The number of aryl methyl sites for hydroxylation is 2. The molecule has 2 bridgehead atoms. The molecule has 1 aliphatic heterocycles. The molecule has 4 atom stereocenters. The molecule has 0 aromatic heterocycles. The Morgan fingerprint density at radius 3 is 1.45 bits per heavy atom. The molecule has 2 aliphatic carbocycles. The summed E-state index contributed by atoms with van der Waals surface area (Å²) in [6.45, 7) is 4.00. The smallest absolute Gasteiger partial charge is 0.270 e. The van der Waals surface area contributed by atoms with E-state index in [0.29, 0.717) is 22.3 Å². The summed E-state index contributed by atoms with van der Waals surface area (Å²) >= 11 is 3.42. The summed E-state index contributed by atoms with van der Waals surface area (Å²) < 4.78 is 0.232. The molecule has 5 aromatic rings. The second-order valence-electron chi connectivity index (χ2n) is 13.0. The van der Waals surface area contributed by atoms with Crippen LogP contribution in [-0.2, 0) is 25.2 Å². The lowest BCUT2D eigenvalue weighted by atomic mass is 9.59. The number of amides is 2. The molecule has 1 saturated carbocycles. The number of rotatable bonds is 6. The minimum atomic E-state index is -1.54. The van der Waals surface area contributed by atoms with Gasteiger partial charge in [0.2, 0.25) is 11.8 Å². The van der Waals surface area contributed by atoms with Crippen LogP contribution < -0.4 is 4.90 Å². The van der Waals surface area contributed by atoms with E-state index < -0.39 is 39.4 Å². The zero-order valence-corrected chi connectivity index (χ0v) is 28.2. The first-order chi connectivity index (χ1) is 23.6. The summed E-state index contributed by atoms with van der Waals surface area (Å²) in [6, 6.07) is 38.7. The number of hydrogen-bond acceptors (Lipinski definition) is 5. The third kappa shape index (κ3) is 4.04. The van der Waals surface area contributed by atoms with Crippen molar-refractivity contribution in [1.29, 1.82) is 0 Å². The summed E-state index contributed by atoms with van der Waals surface area (Å²) in [7, 11) is 0. The fourth-order valence-corrected chi connectivity index (χ4v) is 9.14. The van der Waals surface area contributed by atoms with E-state index in [9.17, 15) is 10.1 Å². The molecule has 0 spiro atoms. The SMILES string of the molecule is Cc1ccc(C2=C(c3ccc(C)cc3)[C@@]3(c4ccccc4)C(=O)[C@@]2(c2ccccc2)[C@@H]2C(=O)N(c4ccc([N+](=O)[O-])cc4Br)C(=O)[C@H]23)cc1. The number of carbonyl (C=O) groups is 3. The molecule has 0 N–H and O–H groups in total. The molecule has 0 radical (unpaired) electrons. The van der Waals surface area contributed by atoms with Gasteiger partial charge in [0.1, 0.15) is 0 Å². The standard InChI is InChI=1S/C41H29BrN2O5/c1-24-13-17-26(18-14-24)33-34(27-19-15-25(2)16-20-27)41(29-11-7-4-8-12-29)36-35(40(33,39(41)47)28-9-5-3-6-10-28)37(45)43(38(36)46)32-22-21-30(44(48)49)23-31(32)42/h3-23,35-36H,1-2H3/t35-,36-,40+,41+/m0/s1. The molecular formula is C41H29BrN2O5. The van der Waals surface area contributed by atoms with Gasteiger partial charge < -0.3 is 0 Å². The first kappa shape index (κ1) is 30.8. The van der Waals surface area contributed by atoms with E-state index in [1.54, 1.807) is 0 Å². The quantitative estimate of drug-likeness (QED) is 0.101. The van der Waals surface area contributed by atoms with Crippen molar-refractivity contribution in [3.8, 4) is 0 Å². The van der Waals surface area contributed by atoms with E-state index in [1.807, 2.05) is 123 Å². The van der Waals surface area contributed by atoms with Crippen LogP contribution in [0.15, 0.2) is 132 Å². The van der Waals surface area contributed by atoms with Gasteiger partial charge in [-0.15, -0.1) is 0 Å². The van der Waals surface area contributed by atoms with Crippen molar-refractivity contribution in [3.63, 3.8) is 0 Å². The first-order valence-electron chi connectivity index (χ1n) is 16.0. The van der Waals surface area contributed by atoms with Gasteiger partial charge in [0, 0.05) is 16.6 Å². The molecule has 49 heavy (non-hydrogen) atoms. The summed E-state index contributed by atoms with van der Waals surface area (Å²) in [5.74, 6) is -3.44. The highest BCUT2D eigenvalue weighted by molar-refractivity contribution is 9.10. The number of halogens is 1. The van der Waals surface area contributed by atoms with Crippen molar-refractivity contribution in [2.75, 3.05) is 4.90 Å². The van der Waals surface area contributed by atoms with Crippen LogP contribution in [0.3, 0.4) is 0 Å². The van der Waals surface area contributed by atoms with Crippen LogP contribution in [-0.4, -0.2) is 22.5 Å². The van der Waals surface area contributed by atoms with Crippen molar-refractivity contribution >= 4 is 56.0 Å². The molecule has 5 aromatic carbocycles. The lowest BCUT2D eigenvalue weighted by Crippen LogP contribution is -2.45. The van der Waals surface area contributed by atoms with Crippen molar-refractivity contribution in [1.82, 2.24) is 0 Å². The number of Topliss-reactive ketones (excluding diaryl/α,β-unsaturated/α-hetero) is 1. The van der Waals surface area contributed by atoms with Crippen molar-refractivity contribution < 1.29 is 19.3 Å². The third-order valence-electron chi connectivity index (χ3n) is 10.5. The van der Waals surface area contributed by atoms with Crippen LogP contribution in [0, 0.1) is 35.8 Å². The van der Waals surface area contributed by atoms with Gasteiger partial charge in [-0.25, -0.2) is 4.90 Å². The van der Waals surface area contributed by atoms with E-state index in [2.05, 4.69) is 15.9 Å². The first-order valence-corrected chi connectivity index (χ1v) is 16.8. The molecule has 2 amide bonds. The average molecular weight is 710 g/mol. The third-order valence-corrected chi connectivity index (χ3v) is 11.2. The van der Waals surface area contributed by atoms with E-state index in [4.69, 9.17) is 0 Å². The Morgan fingerprint density at radius 2 is 1.06 bits per heavy atom. The number of fused-ring (bicyclic) bond motifs is 5. The normalized spacial score (nSPS) is 24.1. The number of imide groups is 1. The van der Waals surface area contributed by atoms with Gasteiger partial charge >= 0.3 is 0 Å². The number of anilines is 1. The number of carbonyl (C=O) groups excluding carboxylic acids is 3. The Labute approximate surface area is 291 Å². The second kappa shape index (κ2) is 11.0. The molecule has 8 rings (SSSR count). The maximum Gasteiger partial charge on any atom is 0.270 e. The molecule has 8 heteroatoms. The molecule has 2 fully saturated rings. The lowest BCUT2D eigenvalue weighted by Gasteiger charge is -2.39. The Morgan fingerprint density at radius 1 is 0.633 bits per heavy atom. The lowest BCUT2D eigenvalue weighted by molar-refractivity contribution is -0.384. The number of benzene rings is 5. The molecule has 3 aliphatic rings. The largest absolute Gasteiger partial charge is 0.297 e. The fourth-order valence-electron chi connectivity index (χ4n) is 8.59. The van der Waals surface area contributed by atoms with Crippen LogP contribution in [0.5, 0.6) is 0 Å². The maximum absolute atomic E-state index is 16.0. The summed E-state index contributed by atoms with van der Waals surface area (Å²) in [4.78, 5) is 58.5. The Bertz CT molecular complexity index is 2120. The summed E-state index contributed by atoms with van der Waals surface area (Å²) in [6.07, 6.45) is 0. The molecule has 240 valence electrons. The topological polar surface area (TPSA) is 97.6 Å². The maximum atomic E-state index is 16.0. The number of hydrogen-bond donors (Lipinski definition) is 0. The van der Waals surface area contributed by atoms with Gasteiger partial charge in [-0.2, -0.15) is 0 Å². The predicted molar refractivity (Wildman–Crippen MR) is 191 cm³/mol. The van der Waals surface area contributed by atoms with E-state index in [-0.39, 0.29) is 21.6 Å². The van der Waals surface area contributed by atoms with Crippen LogP contribution in [0.1, 0.15) is 33.4 Å². The summed E-state index contributed by atoms with van der Waals surface area (Å²) in [5, 5.41) is 11.6. The highest BCUT2D eigenvalue weighted by Crippen LogP contribution is 2.74. The number of allylic oxidation sites excluding steroid dienone is 2. The Balaban J connectivity index is 1.53. The number of ketones is 1. The van der Waals surface area contributed by atoms with E-state index >= 15 is 14.4 Å². The van der Waals surface area contributed by atoms with Gasteiger partial charge in [0.05, 0.1) is 33.3 Å². The van der Waals surface area contributed by atoms with Crippen LogP contribution >= 0.6 is 15.9 Å². The Hall–Kier alpha value is -5.47. The molecular weight excluding hydrogens is 680 g/mol. The molecule has 7 nitrogen and oxygen atoms in total. The average Bonchev–Trinajstić information content (AvgIpc) is 3.62. The Kier molecular flexibility index (Phi) is 6.94. The highest BCUT2D eigenvalue weighted by Gasteiger charge is 2.82. The second-order valence-corrected chi connectivity index (χ2v) is 13.9. The molecule has 0 unspecified atom stereocenters. The van der Waals surface area contributed by atoms with Crippen LogP contribution in [0.25, 0.3) is 11.1 Å². The van der Waals surface area contributed by atoms with E-state index in [1.165, 1.54) is 18.2 Å². The summed E-state index contributed by atoms with van der Waals surface area (Å²) in [5.41, 5.74) is 3.31. The van der Waals surface area contributed by atoms with E-state index in [0.717, 1.165) is 27.2 Å². The van der Waals surface area contributed by atoms with Crippen LogP contribution in [0.2, 0.25) is 0 Å². The zero-order valence-electron chi connectivity index (χ0n) is 26.6.